The first kappa shape index (κ1) is 19.2. The minimum atomic E-state index is 0.0349. The molecular formula is C22H23ClN4O3. The van der Waals surface area contributed by atoms with Crippen molar-refractivity contribution in [3.63, 3.8) is 0 Å². The van der Waals surface area contributed by atoms with Crippen LogP contribution in [0.25, 0.3) is 5.65 Å². The summed E-state index contributed by atoms with van der Waals surface area (Å²) in [7, 11) is 0. The number of aromatic nitrogens is 2. The first-order valence-corrected chi connectivity index (χ1v) is 10.6. The van der Waals surface area contributed by atoms with Crippen LogP contribution < -0.4 is 9.47 Å². The van der Waals surface area contributed by atoms with Gasteiger partial charge >= 0.3 is 0 Å². The van der Waals surface area contributed by atoms with Crippen molar-refractivity contribution in [3.05, 3.63) is 59.0 Å². The number of rotatable bonds is 3. The molecule has 0 bridgehead atoms. The van der Waals surface area contributed by atoms with Gasteiger partial charge in [0.1, 0.15) is 5.65 Å². The molecule has 0 saturated carbocycles. The van der Waals surface area contributed by atoms with Gasteiger partial charge in [-0.3, -0.25) is 9.69 Å². The number of halogens is 1. The molecule has 1 aromatic carbocycles. The SMILES string of the molecule is O=C(c1ccc2c(c1)OCCCO2)N1CCN(Cc2cn3cc(Cl)ccc3n2)CC1. The molecule has 0 radical (unpaired) electrons. The summed E-state index contributed by atoms with van der Waals surface area (Å²) in [6.07, 6.45) is 4.72. The molecule has 0 spiro atoms. The first-order chi connectivity index (χ1) is 14.7. The normalized spacial score (nSPS) is 17.2. The fraction of sp³-hybridized carbons (Fsp3) is 0.364. The van der Waals surface area contributed by atoms with E-state index in [4.69, 9.17) is 21.1 Å². The maximum Gasteiger partial charge on any atom is 0.254 e. The van der Waals surface area contributed by atoms with Gasteiger partial charge in [0.2, 0.25) is 0 Å². The van der Waals surface area contributed by atoms with Crippen molar-refractivity contribution in [1.82, 2.24) is 19.2 Å². The molecule has 8 heteroatoms. The molecule has 1 fully saturated rings. The summed E-state index contributed by atoms with van der Waals surface area (Å²) in [5, 5.41) is 0.688. The van der Waals surface area contributed by atoms with Crippen LogP contribution in [0.3, 0.4) is 0 Å². The van der Waals surface area contributed by atoms with Crippen molar-refractivity contribution in [3.8, 4) is 11.5 Å². The zero-order valence-corrected chi connectivity index (χ0v) is 17.3. The van der Waals surface area contributed by atoms with Crippen LogP contribution in [-0.2, 0) is 6.54 Å². The molecule has 156 valence electrons. The number of carbonyl (C=O) groups excluding carboxylic acids is 1. The van der Waals surface area contributed by atoms with E-state index in [1.165, 1.54) is 0 Å². The Balaban J connectivity index is 1.21. The van der Waals surface area contributed by atoms with Gasteiger partial charge in [-0.05, 0) is 30.3 Å². The fourth-order valence-electron chi connectivity index (χ4n) is 3.91. The molecular weight excluding hydrogens is 404 g/mol. The lowest BCUT2D eigenvalue weighted by Crippen LogP contribution is -2.48. The highest BCUT2D eigenvalue weighted by molar-refractivity contribution is 6.30. The fourth-order valence-corrected chi connectivity index (χ4v) is 4.08. The van der Waals surface area contributed by atoms with Gasteiger partial charge in [0.25, 0.3) is 5.91 Å². The van der Waals surface area contributed by atoms with Gasteiger partial charge in [-0.25, -0.2) is 4.98 Å². The number of amides is 1. The number of carbonyl (C=O) groups is 1. The number of benzene rings is 1. The first-order valence-electron chi connectivity index (χ1n) is 10.2. The Morgan fingerprint density at radius 3 is 2.63 bits per heavy atom. The van der Waals surface area contributed by atoms with Crippen molar-refractivity contribution in [2.24, 2.45) is 0 Å². The van der Waals surface area contributed by atoms with Crippen LogP contribution in [0.1, 0.15) is 22.5 Å². The Kier molecular flexibility index (Phi) is 5.23. The Labute approximate surface area is 179 Å². The lowest BCUT2D eigenvalue weighted by Gasteiger charge is -2.34. The number of fused-ring (bicyclic) bond motifs is 2. The second kappa shape index (κ2) is 8.16. The third-order valence-electron chi connectivity index (χ3n) is 5.50. The highest BCUT2D eigenvalue weighted by Crippen LogP contribution is 2.31. The Morgan fingerprint density at radius 2 is 1.80 bits per heavy atom. The predicted molar refractivity (Wildman–Crippen MR) is 113 cm³/mol. The van der Waals surface area contributed by atoms with Crippen LogP contribution in [0.5, 0.6) is 11.5 Å². The molecule has 2 aliphatic heterocycles. The van der Waals surface area contributed by atoms with E-state index in [0.29, 0.717) is 48.4 Å². The molecule has 1 saturated heterocycles. The average Bonchev–Trinajstić information content (AvgIpc) is 3.00. The van der Waals surface area contributed by atoms with Gasteiger partial charge in [-0.2, -0.15) is 0 Å². The van der Waals surface area contributed by atoms with Crippen LogP contribution >= 0.6 is 11.6 Å². The maximum atomic E-state index is 13.0. The van der Waals surface area contributed by atoms with Crippen molar-refractivity contribution >= 4 is 23.2 Å². The number of imidazole rings is 1. The second-order valence-corrected chi connectivity index (χ2v) is 8.06. The van der Waals surface area contributed by atoms with Crippen molar-refractivity contribution in [1.29, 1.82) is 0 Å². The van der Waals surface area contributed by atoms with Gasteiger partial charge in [-0.1, -0.05) is 11.6 Å². The molecule has 30 heavy (non-hydrogen) atoms. The van der Waals surface area contributed by atoms with E-state index >= 15 is 0 Å². The Bertz CT molecular complexity index is 1080. The summed E-state index contributed by atoms with van der Waals surface area (Å²) in [5.74, 6) is 1.40. The number of hydrogen-bond acceptors (Lipinski definition) is 5. The van der Waals surface area contributed by atoms with E-state index in [2.05, 4.69) is 9.88 Å². The molecule has 0 atom stereocenters. The minimum absolute atomic E-state index is 0.0349. The van der Waals surface area contributed by atoms with E-state index in [1.54, 1.807) is 6.07 Å². The summed E-state index contributed by atoms with van der Waals surface area (Å²) in [6, 6.07) is 9.22. The molecule has 3 aromatic rings. The lowest BCUT2D eigenvalue weighted by molar-refractivity contribution is 0.0627. The number of nitrogens with zero attached hydrogens (tertiary/aromatic N) is 4. The minimum Gasteiger partial charge on any atom is -0.490 e. The summed E-state index contributed by atoms with van der Waals surface area (Å²) < 4.78 is 13.3. The molecule has 2 aromatic heterocycles. The van der Waals surface area contributed by atoms with E-state index in [-0.39, 0.29) is 5.91 Å². The second-order valence-electron chi connectivity index (χ2n) is 7.63. The largest absolute Gasteiger partial charge is 0.490 e. The van der Waals surface area contributed by atoms with E-state index in [0.717, 1.165) is 37.4 Å². The quantitative estimate of drug-likeness (QED) is 0.644. The third-order valence-corrected chi connectivity index (χ3v) is 5.73. The monoisotopic (exact) mass is 426 g/mol. The average molecular weight is 427 g/mol. The third kappa shape index (κ3) is 3.95. The van der Waals surface area contributed by atoms with Crippen molar-refractivity contribution in [2.75, 3.05) is 39.4 Å². The summed E-state index contributed by atoms with van der Waals surface area (Å²) in [5.41, 5.74) is 2.53. The molecule has 1 amide bonds. The summed E-state index contributed by atoms with van der Waals surface area (Å²) >= 11 is 6.05. The zero-order chi connectivity index (χ0) is 20.5. The number of ether oxygens (including phenoxy) is 2. The van der Waals surface area contributed by atoms with Crippen LogP contribution in [0.15, 0.2) is 42.7 Å². The maximum absolute atomic E-state index is 13.0. The molecule has 0 unspecified atom stereocenters. The van der Waals surface area contributed by atoms with Crippen LogP contribution in [0.2, 0.25) is 5.02 Å². The zero-order valence-electron chi connectivity index (χ0n) is 16.6. The van der Waals surface area contributed by atoms with Crippen LogP contribution in [0.4, 0.5) is 0 Å². The van der Waals surface area contributed by atoms with Gasteiger partial charge in [0.15, 0.2) is 11.5 Å². The topological polar surface area (TPSA) is 59.3 Å². The standard InChI is InChI=1S/C22H23ClN4O3/c23-17-3-5-21-24-18(15-27(21)13-17)14-25-6-8-26(9-7-25)22(28)16-2-4-19-20(12-16)30-11-1-10-29-19/h2-5,12-13,15H,1,6-11,14H2. The number of piperazine rings is 1. The molecule has 4 heterocycles. The summed E-state index contributed by atoms with van der Waals surface area (Å²) in [6.45, 7) is 5.00. The van der Waals surface area contributed by atoms with Crippen LogP contribution in [0, 0.1) is 0 Å². The highest BCUT2D eigenvalue weighted by Gasteiger charge is 2.24. The molecule has 2 aliphatic rings. The molecule has 0 N–H and O–H groups in total. The summed E-state index contributed by atoms with van der Waals surface area (Å²) in [4.78, 5) is 21.8. The molecule has 5 rings (SSSR count). The Hall–Kier alpha value is -2.77. The number of hydrogen-bond donors (Lipinski definition) is 0. The van der Waals surface area contributed by atoms with Gasteiger partial charge in [0, 0.05) is 57.1 Å². The Morgan fingerprint density at radius 1 is 1.00 bits per heavy atom. The van der Waals surface area contributed by atoms with Gasteiger partial charge < -0.3 is 18.8 Å². The van der Waals surface area contributed by atoms with Gasteiger partial charge in [0.05, 0.1) is 23.9 Å². The van der Waals surface area contributed by atoms with E-state index in [9.17, 15) is 4.79 Å². The van der Waals surface area contributed by atoms with Crippen molar-refractivity contribution in [2.45, 2.75) is 13.0 Å². The van der Waals surface area contributed by atoms with Crippen LogP contribution in [-0.4, -0.2) is 64.5 Å². The highest BCUT2D eigenvalue weighted by atomic mass is 35.5. The molecule has 7 nitrogen and oxygen atoms in total. The van der Waals surface area contributed by atoms with E-state index < -0.39 is 0 Å². The van der Waals surface area contributed by atoms with Gasteiger partial charge in [-0.15, -0.1) is 0 Å². The number of pyridine rings is 1. The predicted octanol–water partition coefficient (Wildman–Crippen LogP) is 3.11. The lowest BCUT2D eigenvalue weighted by atomic mass is 10.1. The smallest absolute Gasteiger partial charge is 0.254 e. The van der Waals surface area contributed by atoms with E-state index in [1.807, 2.05) is 46.0 Å². The molecule has 0 aliphatic carbocycles. The van der Waals surface area contributed by atoms with Crippen molar-refractivity contribution < 1.29 is 14.3 Å².